The second kappa shape index (κ2) is 12.2. The predicted molar refractivity (Wildman–Crippen MR) is 127 cm³/mol. The molecule has 8 nitrogen and oxygen atoms in total. The Hall–Kier alpha value is -3.07. The van der Waals surface area contributed by atoms with E-state index in [1.807, 2.05) is 13.8 Å². The highest BCUT2D eigenvalue weighted by Crippen LogP contribution is 2.34. The fourth-order valence-electron chi connectivity index (χ4n) is 3.24. The molecule has 2 rings (SSSR count). The van der Waals surface area contributed by atoms with Crippen LogP contribution < -0.4 is 14.8 Å². The zero-order chi connectivity index (χ0) is 24.5. The Morgan fingerprint density at radius 1 is 1.06 bits per heavy atom. The van der Waals surface area contributed by atoms with Crippen molar-refractivity contribution in [3.63, 3.8) is 0 Å². The third-order valence-electron chi connectivity index (χ3n) is 4.90. The molecular formula is C24H28BrNO7. The number of aryl methyl sites for hydroxylation is 1. The van der Waals surface area contributed by atoms with E-state index in [9.17, 15) is 19.5 Å². The average molecular weight is 522 g/mol. The summed E-state index contributed by atoms with van der Waals surface area (Å²) in [6, 6.07) is 6.62. The van der Waals surface area contributed by atoms with E-state index >= 15 is 0 Å². The Bertz CT molecular complexity index is 1040. The quantitative estimate of drug-likeness (QED) is 0.221. The highest BCUT2D eigenvalue weighted by molar-refractivity contribution is 9.10. The summed E-state index contributed by atoms with van der Waals surface area (Å²) in [6.45, 7) is 5.90. The van der Waals surface area contributed by atoms with Gasteiger partial charge >= 0.3 is 11.9 Å². The smallest absolute Gasteiger partial charge is 0.394 e. The Morgan fingerprint density at radius 2 is 1.73 bits per heavy atom. The first kappa shape index (κ1) is 26.2. The lowest BCUT2D eigenvalue weighted by atomic mass is 10.0. The van der Waals surface area contributed by atoms with E-state index < -0.39 is 11.9 Å². The van der Waals surface area contributed by atoms with Crippen molar-refractivity contribution >= 4 is 39.3 Å². The summed E-state index contributed by atoms with van der Waals surface area (Å²) in [5.74, 6) is -1.93. The van der Waals surface area contributed by atoms with Crippen molar-refractivity contribution in [2.45, 2.75) is 46.5 Å². The Morgan fingerprint density at radius 3 is 2.30 bits per heavy atom. The van der Waals surface area contributed by atoms with Crippen molar-refractivity contribution in [3.8, 4) is 17.2 Å². The van der Waals surface area contributed by atoms with E-state index in [1.165, 1.54) is 6.92 Å². The van der Waals surface area contributed by atoms with E-state index in [0.717, 1.165) is 12.0 Å². The second-order valence-electron chi connectivity index (χ2n) is 7.35. The number of carboxylic acid groups (broad SMARTS) is 1. The molecule has 0 aliphatic heterocycles. The minimum absolute atomic E-state index is 0.0334. The number of hydrogen-bond acceptors (Lipinski definition) is 6. The Labute approximate surface area is 201 Å². The lowest BCUT2D eigenvalue weighted by Crippen LogP contribution is -2.22. The van der Waals surface area contributed by atoms with Crippen molar-refractivity contribution in [1.82, 2.24) is 0 Å². The molecule has 178 valence electrons. The molecule has 0 spiro atoms. The van der Waals surface area contributed by atoms with Gasteiger partial charge in [-0.3, -0.25) is 9.59 Å². The maximum atomic E-state index is 11.7. The number of ketones is 1. The fourth-order valence-corrected chi connectivity index (χ4v) is 3.75. The standard InChI is InChI=1S/C24H28BrNO7/c1-4-7-17-20(9-8-16(14(3)27)22(17)28)32-10-6-11-33-21-13-19(26-23(29)24(30)31)15(5-2)12-18(21)25/h8-9,12-13,28H,4-7,10-11H2,1-3H3,(H,26,29)(H,30,31). The molecule has 0 fully saturated rings. The number of benzene rings is 2. The topological polar surface area (TPSA) is 122 Å². The van der Waals surface area contributed by atoms with Crippen LogP contribution >= 0.6 is 15.9 Å². The Kier molecular flexibility index (Phi) is 9.72. The SMILES string of the molecule is CCCc1c(OCCCOc2cc(NC(=O)C(=O)O)c(CC)cc2Br)ccc(C(C)=O)c1O. The lowest BCUT2D eigenvalue weighted by Gasteiger charge is -2.16. The highest BCUT2D eigenvalue weighted by Gasteiger charge is 2.17. The van der Waals surface area contributed by atoms with Gasteiger partial charge in [0.25, 0.3) is 0 Å². The fraction of sp³-hybridized carbons (Fsp3) is 0.375. The molecule has 3 N–H and O–H groups in total. The summed E-state index contributed by atoms with van der Waals surface area (Å²) in [5.41, 5.74) is 2.04. The van der Waals surface area contributed by atoms with Crippen LogP contribution in [0.5, 0.6) is 17.2 Å². The molecule has 0 saturated carbocycles. The maximum absolute atomic E-state index is 11.7. The third kappa shape index (κ3) is 6.95. The molecule has 0 aliphatic rings. The molecule has 9 heteroatoms. The molecule has 0 bridgehead atoms. The van der Waals surface area contributed by atoms with Gasteiger partial charge in [-0.25, -0.2) is 4.79 Å². The van der Waals surface area contributed by atoms with Crippen LogP contribution in [0.3, 0.4) is 0 Å². The number of anilines is 1. The van der Waals surface area contributed by atoms with Crippen molar-refractivity contribution < 1.29 is 34.1 Å². The van der Waals surface area contributed by atoms with E-state index in [4.69, 9.17) is 14.6 Å². The van der Waals surface area contributed by atoms with Gasteiger partial charge in [0.2, 0.25) is 0 Å². The van der Waals surface area contributed by atoms with Crippen LogP contribution in [0.4, 0.5) is 5.69 Å². The van der Waals surface area contributed by atoms with Crippen LogP contribution in [-0.4, -0.2) is 41.1 Å². The average Bonchev–Trinajstić information content (AvgIpc) is 2.76. The second-order valence-corrected chi connectivity index (χ2v) is 8.20. The van der Waals surface area contributed by atoms with Gasteiger partial charge in [0.05, 0.1) is 23.2 Å². The van der Waals surface area contributed by atoms with Crippen LogP contribution in [0.25, 0.3) is 0 Å². The van der Waals surface area contributed by atoms with Gasteiger partial charge < -0.3 is 25.0 Å². The predicted octanol–water partition coefficient (Wildman–Crippen LogP) is 4.74. The number of halogens is 1. The Balaban J connectivity index is 2.01. The zero-order valence-corrected chi connectivity index (χ0v) is 20.5. The minimum atomic E-state index is -1.57. The number of phenolic OH excluding ortho intramolecular Hbond substituents is 1. The van der Waals surface area contributed by atoms with Crippen molar-refractivity contribution in [2.24, 2.45) is 0 Å². The molecule has 33 heavy (non-hydrogen) atoms. The number of aliphatic carboxylic acids is 1. The highest BCUT2D eigenvalue weighted by atomic mass is 79.9. The van der Waals surface area contributed by atoms with Gasteiger partial charge in [-0.05, 0) is 59.5 Å². The minimum Gasteiger partial charge on any atom is -0.507 e. The zero-order valence-electron chi connectivity index (χ0n) is 18.9. The molecule has 0 radical (unpaired) electrons. The summed E-state index contributed by atoms with van der Waals surface area (Å²) in [6.07, 6.45) is 2.49. The van der Waals surface area contributed by atoms with Gasteiger partial charge in [0.1, 0.15) is 17.2 Å². The van der Waals surface area contributed by atoms with Gasteiger partial charge in [-0.15, -0.1) is 0 Å². The van der Waals surface area contributed by atoms with Gasteiger partial charge in [-0.2, -0.15) is 0 Å². The molecule has 0 saturated heterocycles. The number of Topliss-reactive ketones (excluding diaryl/α,β-unsaturated/α-hetero) is 1. The number of carboxylic acids is 1. The summed E-state index contributed by atoms with van der Waals surface area (Å²) in [4.78, 5) is 34.1. The first-order valence-electron chi connectivity index (χ1n) is 10.7. The first-order valence-corrected chi connectivity index (χ1v) is 11.5. The first-order chi connectivity index (χ1) is 15.7. The van der Waals surface area contributed by atoms with Gasteiger partial charge in [0, 0.05) is 23.7 Å². The number of phenols is 1. The van der Waals surface area contributed by atoms with E-state index in [-0.39, 0.29) is 17.1 Å². The number of hydrogen-bond donors (Lipinski definition) is 3. The summed E-state index contributed by atoms with van der Waals surface area (Å²) < 4.78 is 12.3. The van der Waals surface area contributed by atoms with E-state index in [1.54, 1.807) is 24.3 Å². The molecule has 0 heterocycles. The lowest BCUT2D eigenvalue weighted by molar-refractivity contribution is -0.147. The number of carbonyl (C=O) groups is 3. The largest absolute Gasteiger partial charge is 0.507 e. The van der Waals surface area contributed by atoms with E-state index in [2.05, 4.69) is 21.2 Å². The van der Waals surface area contributed by atoms with Gasteiger partial charge in [0.15, 0.2) is 5.78 Å². The maximum Gasteiger partial charge on any atom is 0.394 e. The molecule has 0 atom stereocenters. The normalized spacial score (nSPS) is 10.5. The molecular weight excluding hydrogens is 494 g/mol. The van der Waals surface area contributed by atoms with Crippen LogP contribution in [0.15, 0.2) is 28.7 Å². The number of nitrogens with one attached hydrogen (secondary N) is 1. The van der Waals surface area contributed by atoms with Crippen molar-refractivity contribution in [2.75, 3.05) is 18.5 Å². The van der Waals surface area contributed by atoms with Gasteiger partial charge in [-0.1, -0.05) is 20.3 Å². The van der Waals surface area contributed by atoms with Crippen LogP contribution in [0.2, 0.25) is 0 Å². The number of ether oxygens (including phenoxy) is 2. The number of carbonyl (C=O) groups excluding carboxylic acids is 2. The number of rotatable bonds is 11. The van der Waals surface area contributed by atoms with E-state index in [0.29, 0.717) is 59.7 Å². The monoisotopic (exact) mass is 521 g/mol. The molecule has 0 aliphatic carbocycles. The molecule has 2 aromatic rings. The summed E-state index contributed by atoms with van der Waals surface area (Å²) >= 11 is 3.44. The summed E-state index contributed by atoms with van der Waals surface area (Å²) in [5, 5.41) is 21.6. The van der Waals surface area contributed by atoms with Crippen LogP contribution in [0.1, 0.15) is 55.1 Å². The van der Waals surface area contributed by atoms with Crippen LogP contribution in [-0.2, 0) is 22.4 Å². The molecule has 2 aromatic carbocycles. The molecule has 0 aromatic heterocycles. The van der Waals surface area contributed by atoms with Crippen molar-refractivity contribution in [1.29, 1.82) is 0 Å². The van der Waals surface area contributed by atoms with Crippen molar-refractivity contribution in [3.05, 3.63) is 45.4 Å². The number of aromatic hydroxyl groups is 1. The molecule has 0 unspecified atom stereocenters. The third-order valence-corrected chi connectivity index (χ3v) is 5.52. The molecule has 1 amide bonds. The van der Waals surface area contributed by atoms with Crippen LogP contribution in [0, 0.1) is 0 Å². The summed E-state index contributed by atoms with van der Waals surface area (Å²) in [7, 11) is 0. The number of amides is 1.